The van der Waals surface area contributed by atoms with E-state index in [0.717, 1.165) is 22.2 Å². The minimum absolute atomic E-state index is 0.739. The number of aromatic nitrogens is 2. The van der Waals surface area contributed by atoms with Gasteiger partial charge in [-0.15, -0.1) is 0 Å². The maximum atomic E-state index is 4.72. The zero-order valence-electron chi connectivity index (χ0n) is 27.2. The molecule has 10 rings (SSSR count). The van der Waals surface area contributed by atoms with Crippen LogP contribution in [-0.2, 0) is 0 Å². The molecule has 0 aliphatic heterocycles. The Morgan fingerprint density at radius 1 is 0.260 bits per heavy atom. The van der Waals surface area contributed by atoms with Crippen molar-refractivity contribution in [2.45, 2.75) is 0 Å². The molecule has 9 aromatic carbocycles. The highest BCUT2D eigenvalue weighted by molar-refractivity contribution is 6.30. The number of fused-ring (bicyclic) bond motifs is 6. The lowest BCUT2D eigenvalue weighted by Gasteiger charge is -2.21. The quantitative estimate of drug-likeness (QED) is 0.142. The summed E-state index contributed by atoms with van der Waals surface area (Å²) in [6.45, 7) is 0. The average molecular weight is 635 g/mol. The molecule has 1 heterocycles. The van der Waals surface area contributed by atoms with Crippen molar-refractivity contribution in [3.8, 4) is 44.8 Å². The molecule has 0 saturated heterocycles. The Morgan fingerprint density at radius 2 is 0.700 bits per heavy atom. The molecule has 0 aliphatic rings. The van der Waals surface area contributed by atoms with Crippen LogP contribution >= 0.6 is 0 Å². The summed E-state index contributed by atoms with van der Waals surface area (Å²) in [5.74, 6) is 0.739. The van der Waals surface area contributed by atoms with Gasteiger partial charge in [0.05, 0.1) is 0 Å². The van der Waals surface area contributed by atoms with E-state index in [9.17, 15) is 0 Å². The molecule has 0 unspecified atom stereocenters. The minimum Gasteiger partial charge on any atom is -0.237 e. The molecule has 0 bridgehead atoms. The number of hydrogen-bond acceptors (Lipinski definition) is 2. The van der Waals surface area contributed by atoms with Crippen LogP contribution in [0.4, 0.5) is 0 Å². The normalized spacial score (nSPS) is 11.6. The maximum absolute atomic E-state index is 4.72. The summed E-state index contributed by atoms with van der Waals surface area (Å²) in [5.41, 5.74) is 8.48. The number of rotatable bonds is 4. The van der Waals surface area contributed by atoms with Crippen molar-refractivity contribution in [3.63, 3.8) is 0 Å². The van der Waals surface area contributed by atoms with Gasteiger partial charge in [-0.25, -0.2) is 9.97 Å². The van der Waals surface area contributed by atoms with Crippen molar-refractivity contribution in [2.75, 3.05) is 0 Å². The van der Waals surface area contributed by atoms with Crippen LogP contribution in [0.25, 0.3) is 98.6 Å². The van der Waals surface area contributed by atoms with Gasteiger partial charge in [0.1, 0.15) is 0 Å². The number of hydrogen-bond donors (Lipinski definition) is 0. The Morgan fingerprint density at radius 3 is 1.28 bits per heavy atom. The van der Waals surface area contributed by atoms with Crippen LogP contribution in [0.1, 0.15) is 0 Å². The summed E-state index contributed by atoms with van der Waals surface area (Å²) in [5, 5.41) is 12.2. The predicted molar refractivity (Wildman–Crippen MR) is 211 cm³/mol. The maximum Gasteiger partial charge on any atom is 0.160 e. The van der Waals surface area contributed by atoms with Crippen LogP contribution in [0.3, 0.4) is 0 Å². The molecule has 0 fully saturated rings. The fourth-order valence-corrected chi connectivity index (χ4v) is 8.16. The predicted octanol–water partition coefficient (Wildman–Crippen LogP) is 12.9. The zero-order valence-corrected chi connectivity index (χ0v) is 27.2. The molecule has 50 heavy (non-hydrogen) atoms. The molecule has 0 radical (unpaired) electrons. The molecule has 10 aromatic rings. The highest BCUT2D eigenvalue weighted by Crippen LogP contribution is 2.49. The lowest BCUT2D eigenvalue weighted by atomic mass is 9.82. The smallest absolute Gasteiger partial charge is 0.160 e. The first-order valence-corrected chi connectivity index (χ1v) is 17.1. The summed E-state index contributed by atoms with van der Waals surface area (Å²) in [4.78, 5) is 9.44. The molecule has 1 aromatic heterocycles. The lowest BCUT2D eigenvalue weighted by molar-refractivity contribution is 1.18. The van der Waals surface area contributed by atoms with E-state index < -0.39 is 0 Å². The first-order chi connectivity index (χ1) is 24.9. The van der Waals surface area contributed by atoms with E-state index in [1.807, 2.05) is 18.5 Å². The van der Waals surface area contributed by atoms with Crippen LogP contribution < -0.4 is 0 Å². The molecule has 0 spiro atoms. The fourth-order valence-electron chi connectivity index (χ4n) is 8.16. The minimum atomic E-state index is 0.739. The average Bonchev–Trinajstić information content (AvgIpc) is 3.19. The Bertz CT molecular complexity index is 2840. The van der Waals surface area contributed by atoms with Gasteiger partial charge in [0, 0.05) is 18.0 Å². The Labute approximate surface area is 290 Å². The van der Waals surface area contributed by atoms with Gasteiger partial charge in [0.15, 0.2) is 5.82 Å². The highest BCUT2D eigenvalue weighted by atomic mass is 14.9. The van der Waals surface area contributed by atoms with Crippen LogP contribution in [-0.4, -0.2) is 9.97 Å². The first kappa shape index (κ1) is 28.4. The van der Waals surface area contributed by atoms with Crippen molar-refractivity contribution in [3.05, 3.63) is 182 Å². The second kappa shape index (κ2) is 11.5. The number of benzene rings is 9. The van der Waals surface area contributed by atoms with Gasteiger partial charge >= 0.3 is 0 Å². The van der Waals surface area contributed by atoms with Gasteiger partial charge in [0.25, 0.3) is 0 Å². The van der Waals surface area contributed by atoms with Gasteiger partial charge < -0.3 is 0 Å². The van der Waals surface area contributed by atoms with Gasteiger partial charge in [-0.3, -0.25) is 0 Å². The summed E-state index contributed by atoms with van der Waals surface area (Å²) in [7, 11) is 0. The Balaban J connectivity index is 1.39. The second-order valence-corrected chi connectivity index (χ2v) is 12.8. The van der Waals surface area contributed by atoms with Crippen molar-refractivity contribution in [1.82, 2.24) is 9.97 Å². The lowest BCUT2D eigenvalue weighted by Crippen LogP contribution is -1.95. The Hall–Kier alpha value is -6.64. The van der Waals surface area contributed by atoms with Crippen LogP contribution in [0, 0.1) is 0 Å². The van der Waals surface area contributed by atoms with E-state index in [-0.39, 0.29) is 0 Å². The van der Waals surface area contributed by atoms with E-state index in [1.165, 1.54) is 76.5 Å². The molecule has 232 valence electrons. The molecule has 2 heteroatoms. The van der Waals surface area contributed by atoms with E-state index in [1.54, 1.807) is 0 Å². The van der Waals surface area contributed by atoms with Crippen LogP contribution in [0.15, 0.2) is 182 Å². The third-order valence-corrected chi connectivity index (χ3v) is 10.2. The third kappa shape index (κ3) is 4.29. The molecule has 2 nitrogen and oxygen atoms in total. The van der Waals surface area contributed by atoms with Gasteiger partial charge in [0.2, 0.25) is 0 Å². The third-order valence-electron chi connectivity index (χ3n) is 10.2. The summed E-state index contributed by atoms with van der Waals surface area (Å²) in [6, 6.07) is 61.5. The largest absolute Gasteiger partial charge is 0.237 e. The monoisotopic (exact) mass is 634 g/mol. The van der Waals surface area contributed by atoms with Crippen molar-refractivity contribution in [2.24, 2.45) is 0 Å². The van der Waals surface area contributed by atoms with E-state index in [4.69, 9.17) is 9.97 Å². The molecule has 0 atom stereocenters. The zero-order chi connectivity index (χ0) is 33.0. The second-order valence-electron chi connectivity index (χ2n) is 12.8. The summed E-state index contributed by atoms with van der Waals surface area (Å²) in [6.07, 6.45) is 3.65. The fraction of sp³-hybridized carbons (Fsp3) is 0. The van der Waals surface area contributed by atoms with Gasteiger partial charge in [-0.1, -0.05) is 164 Å². The standard InChI is InChI=1S/C48H30N2/c1-3-15-31(16-4-1)43-36-19-7-8-20-37(36)44(32-17-5-2-6-18-32)46-35-26-13-25-34(33(35)27-28-42(43)46)45-38-21-9-11-23-40(38)47(48-49-29-14-30-50-48)41-24-12-10-22-39(41)45/h1-30H. The summed E-state index contributed by atoms with van der Waals surface area (Å²) >= 11 is 0. The highest BCUT2D eigenvalue weighted by Gasteiger charge is 2.22. The molecule has 0 amide bonds. The summed E-state index contributed by atoms with van der Waals surface area (Å²) < 4.78 is 0. The van der Waals surface area contributed by atoms with Crippen LogP contribution in [0.5, 0.6) is 0 Å². The SMILES string of the molecule is c1ccc(-c2c3ccccc3c(-c3ccccc3)c3c2ccc2c(-c4c5ccccc5c(-c5ncccn5)c5ccccc45)cccc23)cc1. The van der Waals surface area contributed by atoms with E-state index in [2.05, 4.69) is 164 Å². The van der Waals surface area contributed by atoms with E-state index in [0.29, 0.717) is 0 Å². The van der Waals surface area contributed by atoms with Crippen molar-refractivity contribution >= 4 is 53.9 Å². The molecule has 0 aliphatic carbocycles. The van der Waals surface area contributed by atoms with Crippen molar-refractivity contribution < 1.29 is 0 Å². The molecular weight excluding hydrogens is 605 g/mol. The molecular formula is C48H30N2. The van der Waals surface area contributed by atoms with Gasteiger partial charge in [-0.2, -0.15) is 0 Å². The van der Waals surface area contributed by atoms with Crippen LogP contribution in [0.2, 0.25) is 0 Å². The number of nitrogens with zero attached hydrogens (tertiary/aromatic N) is 2. The molecule has 0 saturated carbocycles. The van der Waals surface area contributed by atoms with E-state index >= 15 is 0 Å². The van der Waals surface area contributed by atoms with Gasteiger partial charge in [-0.05, 0) is 93.3 Å². The topological polar surface area (TPSA) is 25.8 Å². The Kier molecular flexibility index (Phi) is 6.53. The van der Waals surface area contributed by atoms with Crippen molar-refractivity contribution in [1.29, 1.82) is 0 Å². The molecule has 0 N–H and O–H groups in total. The first-order valence-electron chi connectivity index (χ1n) is 17.1.